The molecule has 2 fully saturated rings. The van der Waals surface area contributed by atoms with Crippen molar-refractivity contribution in [2.45, 2.75) is 59.3 Å². The van der Waals surface area contributed by atoms with Crippen LogP contribution >= 0.6 is 0 Å². The minimum absolute atomic E-state index is 0.0512. The summed E-state index contributed by atoms with van der Waals surface area (Å²) >= 11 is 0. The van der Waals surface area contributed by atoms with Crippen LogP contribution in [0.3, 0.4) is 0 Å². The molecule has 4 heteroatoms. The van der Waals surface area contributed by atoms with E-state index < -0.39 is 17.4 Å². The SMILES string of the molecule is CCCCC1=CC23CC(C(=O)OCC)(C(=O)OCC)CC2(C=C1)C3. The van der Waals surface area contributed by atoms with E-state index in [2.05, 4.69) is 25.2 Å². The zero-order valence-electron chi connectivity index (χ0n) is 15.0. The zero-order chi connectivity index (χ0) is 17.4. The largest absolute Gasteiger partial charge is 0.465 e. The highest BCUT2D eigenvalue weighted by atomic mass is 16.6. The lowest BCUT2D eigenvalue weighted by Crippen LogP contribution is -2.42. The summed E-state index contributed by atoms with van der Waals surface area (Å²) in [5.41, 5.74) is 0.103. The number of carbonyl (C=O) groups excluding carboxylic acids is 2. The van der Waals surface area contributed by atoms with E-state index in [1.165, 1.54) is 18.4 Å². The van der Waals surface area contributed by atoms with E-state index in [1.54, 1.807) is 13.8 Å². The fourth-order valence-electron chi connectivity index (χ4n) is 4.78. The highest BCUT2D eigenvalue weighted by Crippen LogP contribution is 2.80. The van der Waals surface area contributed by atoms with E-state index in [4.69, 9.17) is 9.47 Å². The molecule has 0 radical (unpaired) electrons. The van der Waals surface area contributed by atoms with Crippen LogP contribution in [0, 0.1) is 16.2 Å². The van der Waals surface area contributed by atoms with Crippen molar-refractivity contribution < 1.29 is 19.1 Å². The molecule has 2 saturated carbocycles. The highest BCUT2D eigenvalue weighted by Gasteiger charge is 2.78. The fourth-order valence-corrected chi connectivity index (χ4v) is 4.78. The topological polar surface area (TPSA) is 52.6 Å². The van der Waals surface area contributed by atoms with E-state index in [0.29, 0.717) is 12.8 Å². The monoisotopic (exact) mass is 332 g/mol. The molecule has 0 aliphatic heterocycles. The number of unbranched alkanes of at least 4 members (excludes halogenated alkanes) is 1. The van der Waals surface area contributed by atoms with Crippen LogP contribution in [0.4, 0.5) is 0 Å². The summed E-state index contributed by atoms with van der Waals surface area (Å²) < 4.78 is 10.5. The number of hydrogen-bond donors (Lipinski definition) is 0. The van der Waals surface area contributed by atoms with Crippen LogP contribution in [0.2, 0.25) is 0 Å². The van der Waals surface area contributed by atoms with Crippen molar-refractivity contribution >= 4 is 11.9 Å². The van der Waals surface area contributed by atoms with Crippen LogP contribution in [0.15, 0.2) is 23.8 Å². The normalized spacial score (nSPS) is 31.7. The lowest BCUT2D eigenvalue weighted by Gasteiger charge is -2.27. The Bertz CT molecular complexity index is 585. The molecule has 2 unspecified atom stereocenters. The third-order valence-electron chi connectivity index (χ3n) is 5.96. The molecule has 0 heterocycles. The Morgan fingerprint density at radius 1 is 1.00 bits per heavy atom. The summed E-state index contributed by atoms with van der Waals surface area (Å²) in [5, 5.41) is 0. The van der Waals surface area contributed by atoms with Crippen molar-refractivity contribution in [2.75, 3.05) is 13.2 Å². The molecular weight excluding hydrogens is 304 g/mol. The number of allylic oxidation sites excluding steroid dienone is 4. The van der Waals surface area contributed by atoms with Crippen molar-refractivity contribution in [2.24, 2.45) is 16.2 Å². The summed E-state index contributed by atoms with van der Waals surface area (Å²) in [6.07, 6.45) is 12.3. The van der Waals surface area contributed by atoms with Crippen molar-refractivity contribution in [1.82, 2.24) is 0 Å². The van der Waals surface area contributed by atoms with Gasteiger partial charge in [0.2, 0.25) is 0 Å². The average Bonchev–Trinajstić information content (AvgIpc) is 3.08. The molecule has 2 atom stereocenters. The highest BCUT2D eigenvalue weighted by molar-refractivity contribution is 6.01. The first-order valence-corrected chi connectivity index (χ1v) is 9.23. The molecule has 3 aliphatic carbocycles. The summed E-state index contributed by atoms with van der Waals surface area (Å²) in [5.74, 6) is -0.818. The van der Waals surface area contributed by atoms with E-state index in [1.807, 2.05) is 0 Å². The summed E-state index contributed by atoms with van der Waals surface area (Å²) in [6.45, 7) is 6.31. The zero-order valence-corrected chi connectivity index (χ0v) is 15.0. The third-order valence-corrected chi connectivity index (χ3v) is 5.96. The van der Waals surface area contributed by atoms with E-state index in [9.17, 15) is 9.59 Å². The molecule has 0 spiro atoms. The lowest BCUT2D eigenvalue weighted by atomic mass is 9.79. The quantitative estimate of drug-likeness (QED) is 0.523. The lowest BCUT2D eigenvalue weighted by molar-refractivity contribution is -0.173. The first-order valence-electron chi connectivity index (χ1n) is 9.23. The van der Waals surface area contributed by atoms with Gasteiger partial charge in [-0.05, 0) is 46.0 Å². The van der Waals surface area contributed by atoms with Gasteiger partial charge in [0.05, 0.1) is 13.2 Å². The summed E-state index contributed by atoms with van der Waals surface area (Å²) in [6, 6.07) is 0. The number of carbonyl (C=O) groups is 2. The number of ether oxygens (including phenoxy) is 2. The van der Waals surface area contributed by atoms with Crippen molar-refractivity contribution in [3.63, 3.8) is 0 Å². The van der Waals surface area contributed by atoms with Gasteiger partial charge in [0.1, 0.15) is 0 Å². The maximum atomic E-state index is 12.7. The predicted octanol–water partition coefficient (Wildman–Crippen LogP) is 3.96. The average molecular weight is 332 g/mol. The summed E-state index contributed by atoms with van der Waals surface area (Å²) in [4.78, 5) is 25.3. The van der Waals surface area contributed by atoms with Crippen LogP contribution < -0.4 is 0 Å². The number of rotatable bonds is 7. The van der Waals surface area contributed by atoms with Crippen LogP contribution in [0.5, 0.6) is 0 Å². The second-order valence-corrected chi connectivity index (χ2v) is 7.52. The Morgan fingerprint density at radius 2 is 1.62 bits per heavy atom. The Labute approximate surface area is 144 Å². The Morgan fingerprint density at radius 3 is 2.21 bits per heavy atom. The van der Waals surface area contributed by atoms with Crippen LogP contribution in [0.1, 0.15) is 59.3 Å². The molecule has 132 valence electrons. The van der Waals surface area contributed by atoms with Gasteiger partial charge in [-0.15, -0.1) is 0 Å². The predicted molar refractivity (Wildman–Crippen MR) is 91.2 cm³/mol. The molecule has 3 rings (SSSR count). The summed E-state index contributed by atoms with van der Waals surface area (Å²) in [7, 11) is 0. The number of esters is 2. The van der Waals surface area contributed by atoms with Gasteiger partial charge in [0, 0.05) is 10.8 Å². The molecule has 0 bridgehead atoms. The molecule has 4 nitrogen and oxygen atoms in total. The number of hydrogen-bond acceptors (Lipinski definition) is 4. The minimum atomic E-state index is -1.13. The van der Waals surface area contributed by atoms with Gasteiger partial charge < -0.3 is 9.47 Å². The van der Waals surface area contributed by atoms with Gasteiger partial charge in [-0.25, -0.2) is 0 Å². The second-order valence-electron chi connectivity index (χ2n) is 7.52. The van der Waals surface area contributed by atoms with Crippen molar-refractivity contribution in [1.29, 1.82) is 0 Å². The van der Waals surface area contributed by atoms with Crippen molar-refractivity contribution in [3.05, 3.63) is 23.8 Å². The second kappa shape index (κ2) is 6.05. The first kappa shape index (κ1) is 17.2. The van der Waals surface area contributed by atoms with Crippen LogP contribution in [0.25, 0.3) is 0 Å². The molecule has 0 saturated heterocycles. The Hall–Kier alpha value is -1.58. The van der Waals surface area contributed by atoms with Gasteiger partial charge in [-0.2, -0.15) is 0 Å². The molecular formula is C20H28O4. The van der Waals surface area contributed by atoms with Gasteiger partial charge >= 0.3 is 11.9 Å². The maximum absolute atomic E-state index is 12.7. The first-order chi connectivity index (χ1) is 11.5. The van der Waals surface area contributed by atoms with E-state index >= 15 is 0 Å². The molecule has 0 N–H and O–H groups in total. The Kier molecular flexibility index (Phi) is 4.35. The van der Waals surface area contributed by atoms with Gasteiger partial charge in [-0.1, -0.05) is 37.1 Å². The smallest absolute Gasteiger partial charge is 0.323 e. The minimum Gasteiger partial charge on any atom is -0.465 e. The molecule has 3 aliphatic rings. The van der Waals surface area contributed by atoms with Gasteiger partial charge in [0.25, 0.3) is 0 Å². The standard InChI is InChI=1S/C20H28O4/c1-4-7-8-15-9-10-18-12-19(18,11-15)14-20(13-18,16(21)23-5-2)17(22)24-6-3/h9-11H,4-8,12-14H2,1-3H3. The fraction of sp³-hybridized carbons (Fsp3) is 0.700. The molecule has 24 heavy (non-hydrogen) atoms. The molecule has 0 amide bonds. The maximum Gasteiger partial charge on any atom is 0.323 e. The van der Waals surface area contributed by atoms with Crippen LogP contribution in [-0.2, 0) is 19.1 Å². The van der Waals surface area contributed by atoms with Crippen molar-refractivity contribution in [3.8, 4) is 0 Å². The van der Waals surface area contributed by atoms with E-state index in [-0.39, 0.29) is 24.0 Å². The molecule has 0 aromatic carbocycles. The Balaban J connectivity index is 1.88. The third kappa shape index (κ3) is 2.42. The molecule has 0 aromatic heterocycles. The van der Waals surface area contributed by atoms with Gasteiger partial charge in [-0.3, -0.25) is 9.59 Å². The van der Waals surface area contributed by atoms with Crippen LogP contribution in [-0.4, -0.2) is 25.2 Å². The van der Waals surface area contributed by atoms with Gasteiger partial charge in [0.15, 0.2) is 5.41 Å². The molecule has 0 aromatic rings. The van der Waals surface area contributed by atoms with E-state index in [0.717, 1.165) is 12.8 Å².